The van der Waals surface area contributed by atoms with Gasteiger partial charge in [0.1, 0.15) is 6.29 Å². The SMILES string of the molecule is Cc1ccc(N(N=C(c2ccc(C=O)cc2)N(C)C)C(=N)N)cc1. The smallest absolute Gasteiger partial charge is 0.214 e. The summed E-state index contributed by atoms with van der Waals surface area (Å²) in [6.45, 7) is 1.99. The molecule has 0 unspecified atom stereocenters. The Morgan fingerprint density at radius 1 is 1.08 bits per heavy atom. The number of nitrogens with one attached hydrogen (secondary N) is 1. The maximum Gasteiger partial charge on any atom is 0.214 e. The lowest BCUT2D eigenvalue weighted by molar-refractivity contribution is 0.112. The highest BCUT2D eigenvalue weighted by Crippen LogP contribution is 2.17. The highest BCUT2D eigenvalue weighted by molar-refractivity contribution is 6.02. The van der Waals surface area contributed by atoms with Crippen LogP contribution in [-0.2, 0) is 0 Å². The number of hydrogen-bond acceptors (Lipinski definition) is 3. The molecule has 0 aliphatic rings. The van der Waals surface area contributed by atoms with Crippen molar-refractivity contribution in [3.63, 3.8) is 0 Å². The number of hydrazone groups is 1. The summed E-state index contributed by atoms with van der Waals surface area (Å²) in [5.41, 5.74) is 8.96. The van der Waals surface area contributed by atoms with Gasteiger partial charge in [0.25, 0.3) is 0 Å². The summed E-state index contributed by atoms with van der Waals surface area (Å²) in [6.07, 6.45) is 0.796. The Labute approximate surface area is 141 Å². The van der Waals surface area contributed by atoms with E-state index in [1.54, 1.807) is 12.1 Å². The number of aryl methyl sites for hydroxylation is 1. The van der Waals surface area contributed by atoms with E-state index in [0.29, 0.717) is 17.1 Å². The van der Waals surface area contributed by atoms with Crippen molar-refractivity contribution in [3.05, 3.63) is 65.2 Å². The second-order valence-electron chi connectivity index (χ2n) is 5.59. The lowest BCUT2D eigenvalue weighted by Crippen LogP contribution is -2.36. The predicted octanol–water partition coefficient (Wildman–Crippen LogP) is 2.43. The first-order valence-corrected chi connectivity index (χ1v) is 7.44. The van der Waals surface area contributed by atoms with Gasteiger partial charge < -0.3 is 10.6 Å². The number of nitrogens with two attached hydrogens (primary N) is 1. The van der Waals surface area contributed by atoms with Crippen molar-refractivity contribution in [3.8, 4) is 0 Å². The number of nitrogens with zero attached hydrogens (tertiary/aromatic N) is 3. The Hall–Kier alpha value is -3.15. The first-order chi connectivity index (χ1) is 11.4. The molecule has 0 amide bonds. The molecule has 3 N–H and O–H groups in total. The molecule has 0 aliphatic carbocycles. The van der Waals surface area contributed by atoms with E-state index in [2.05, 4.69) is 5.10 Å². The third-order valence-electron chi connectivity index (χ3n) is 3.43. The molecular formula is C18H21N5O. The van der Waals surface area contributed by atoms with Gasteiger partial charge in [0, 0.05) is 25.2 Å². The van der Waals surface area contributed by atoms with Gasteiger partial charge >= 0.3 is 0 Å². The Balaban J connectivity index is 2.47. The maximum atomic E-state index is 10.8. The van der Waals surface area contributed by atoms with E-state index >= 15 is 0 Å². The fourth-order valence-corrected chi connectivity index (χ4v) is 2.15. The van der Waals surface area contributed by atoms with Gasteiger partial charge in [-0.3, -0.25) is 10.2 Å². The maximum absolute atomic E-state index is 10.8. The molecule has 2 rings (SSSR count). The summed E-state index contributed by atoms with van der Waals surface area (Å²) in [7, 11) is 3.72. The predicted molar refractivity (Wildman–Crippen MR) is 97.6 cm³/mol. The zero-order chi connectivity index (χ0) is 17.7. The zero-order valence-electron chi connectivity index (χ0n) is 14.0. The lowest BCUT2D eigenvalue weighted by atomic mass is 10.1. The van der Waals surface area contributed by atoms with E-state index in [-0.39, 0.29) is 5.96 Å². The van der Waals surface area contributed by atoms with Crippen LogP contribution in [0.15, 0.2) is 53.6 Å². The molecule has 6 heteroatoms. The van der Waals surface area contributed by atoms with Crippen LogP contribution in [0, 0.1) is 12.3 Å². The van der Waals surface area contributed by atoms with Crippen molar-refractivity contribution < 1.29 is 4.79 Å². The Kier molecular flexibility index (Phi) is 5.31. The number of aldehydes is 1. The standard InChI is InChI=1S/C18H21N5O/c1-13-4-10-16(11-5-13)23(18(19)20)21-17(22(2)3)15-8-6-14(12-24)7-9-15/h4-12H,1-3H3,(H3,19,20). The minimum Gasteiger partial charge on any atom is -0.368 e. The van der Waals surface area contributed by atoms with E-state index in [1.807, 2.05) is 62.3 Å². The van der Waals surface area contributed by atoms with E-state index in [0.717, 1.165) is 17.4 Å². The van der Waals surface area contributed by atoms with Gasteiger partial charge in [-0.1, -0.05) is 42.0 Å². The Morgan fingerprint density at radius 3 is 2.12 bits per heavy atom. The van der Waals surface area contributed by atoms with Gasteiger partial charge in [0.05, 0.1) is 5.69 Å². The third kappa shape index (κ3) is 3.98. The molecule has 2 aromatic rings. The molecule has 0 saturated heterocycles. The molecule has 0 aliphatic heterocycles. The highest BCUT2D eigenvalue weighted by Gasteiger charge is 2.13. The van der Waals surface area contributed by atoms with Crippen LogP contribution in [0.3, 0.4) is 0 Å². The molecule has 0 bridgehead atoms. The molecule has 2 aromatic carbocycles. The Bertz CT molecular complexity index is 748. The lowest BCUT2D eigenvalue weighted by Gasteiger charge is -2.22. The third-order valence-corrected chi connectivity index (χ3v) is 3.43. The number of anilines is 1. The molecule has 0 saturated carbocycles. The van der Waals surface area contributed by atoms with Crippen molar-refractivity contribution >= 4 is 23.8 Å². The van der Waals surface area contributed by atoms with Crippen molar-refractivity contribution in [2.75, 3.05) is 19.1 Å². The average Bonchev–Trinajstić information content (AvgIpc) is 2.56. The van der Waals surface area contributed by atoms with Gasteiger partial charge in [0.2, 0.25) is 5.96 Å². The first-order valence-electron chi connectivity index (χ1n) is 7.44. The minimum absolute atomic E-state index is 0.178. The number of rotatable bonds is 4. The minimum atomic E-state index is -0.178. The van der Waals surface area contributed by atoms with Crippen LogP contribution in [0.2, 0.25) is 0 Å². The summed E-state index contributed by atoms with van der Waals surface area (Å²) in [5.74, 6) is 0.450. The van der Waals surface area contributed by atoms with Gasteiger partial charge in [-0.15, -0.1) is 5.10 Å². The largest absolute Gasteiger partial charge is 0.368 e. The van der Waals surface area contributed by atoms with Gasteiger partial charge in [-0.05, 0) is 19.1 Å². The normalized spacial score (nSPS) is 11.0. The molecule has 0 fully saturated rings. The molecule has 0 heterocycles. The summed E-state index contributed by atoms with van der Waals surface area (Å²) in [4.78, 5) is 12.6. The van der Waals surface area contributed by atoms with E-state index in [9.17, 15) is 4.79 Å². The number of benzene rings is 2. The van der Waals surface area contributed by atoms with Crippen LogP contribution < -0.4 is 10.7 Å². The molecule has 0 aromatic heterocycles. The van der Waals surface area contributed by atoms with Crippen LogP contribution in [-0.4, -0.2) is 37.1 Å². The number of amidine groups is 1. The summed E-state index contributed by atoms with van der Waals surface area (Å²) in [5, 5.41) is 13.8. The molecule has 6 nitrogen and oxygen atoms in total. The van der Waals surface area contributed by atoms with Crippen LogP contribution in [0.25, 0.3) is 0 Å². The number of hydrogen-bond donors (Lipinski definition) is 2. The molecule has 0 radical (unpaired) electrons. The number of guanidine groups is 1. The molecular weight excluding hydrogens is 302 g/mol. The fourth-order valence-electron chi connectivity index (χ4n) is 2.15. The van der Waals surface area contributed by atoms with Gasteiger partial charge in [0.15, 0.2) is 5.84 Å². The fraction of sp³-hybridized carbons (Fsp3) is 0.167. The van der Waals surface area contributed by atoms with Gasteiger partial charge in [-0.25, -0.2) is 0 Å². The summed E-state index contributed by atoms with van der Waals surface area (Å²) < 4.78 is 0. The van der Waals surface area contributed by atoms with Crippen LogP contribution in [0.4, 0.5) is 5.69 Å². The van der Waals surface area contributed by atoms with Crippen molar-refractivity contribution in [1.82, 2.24) is 4.90 Å². The Morgan fingerprint density at radius 2 is 1.67 bits per heavy atom. The molecule has 0 atom stereocenters. The quantitative estimate of drug-likeness (QED) is 0.392. The zero-order valence-corrected chi connectivity index (χ0v) is 14.0. The number of carbonyl (C=O) groups is 1. The van der Waals surface area contributed by atoms with Crippen LogP contribution in [0.5, 0.6) is 0 Å². The van der Waals surface area contributed by atoms with E-state index in [4.69, 9.17) is 11.1 Å². The molecule has 0 spiro atoms. The van der Waals surface area contributed by atoms with E-state index in [1.165, 1.54) is 5.01 Å². The topological polar surface area (TPSA) is 85.8 Å². The number of carbonyl (C=O) groups excluding carboxylic acids is 1. The van der Waals surface area contributed by atoms with Crippen molar-refractivity contribution in [1.29, 1.82) is 5.41 Å². The van der Waals surface area contributed by atoms with Crippen LogP contribution in [0.1, 0.15) is 21.5 Å². The second kappa shape index (κ2) is 7.41. The highest BCUT2D eigenvalue weighted by atomic mass is 16.1. The second-order valence-corrected chi connectivity index (χ2v) is 5.59. The van der Waals surface area contributed by atoms with Crippen LogP contribution >= 0.6 is 0 Å². The first kappa shape index (κ1) is 17.2. The summed E-state index contributed by atoms with van der Waals surface area (Å²) in [6, 6.07) is 14.7. The van der Waals surface area contributed by atoms with Crippen molar-refractivity contribution in [2.24, 2.45) is 10.8 Å². The monoisotopic (exact) mass is 323 g/mol. The molecule has 24 heavy (non-hydrogen) atoms. The van der Waals surface area contributed by atoms with Gasteiger partial charge in [-0.2, -0.15) is 5.01 Å². The molecule has 124 valence electrons. The summed E-state index contributed by atoms with van der Waals surface area (Å²) >= 11 is 0. The average molecular weight is 323 g/mol. The van der Waals surface area contributed by atoms with E-state index < -0.39 is 0 Å². The van der Waals surface area contributed by atoms with Crippen molar-refractivity contribution in [2.45, 2.75) is 6.92 Å².